The summed E-state index contributed by atoms with van der Waals surface area (Å²) in [7, 11) is 0. The first kappa shape index (κ1) is 34.3. The van der Waals surface area contributed by atoms with E-state index >= 15 is 0 Å². The average Bonchev–Trinajstić information content (AvgIpc) is 3.32. The Hall–Kier alpha value is -7.80. The first-order chi connectivity index (χ1) is 29.8. The molecular weight excluding hydrogens is 721 g/mol. The second kappa shape index (κ2) is 13.9. The van der Waals surface area contributed by atoms with E-state index in [-0.39, 0.29) is 0 Å². The molecule has 0 atom stereocenters. The Kier molecular flexibility index (Phi) is 7.96. The van der Waals surface area contributed by atoms with Gasteiger partial charge in [-0.1, -0.05) is 224 Å². The van der Waals surface area contributed by atoms with Crippen LogP contribution in [-0.2, 0) is 0 Å². The van der Waals surface area contributed by atoms with Gasteiger partial charge in [0.25, 0.3) is 0 Å². The van der Waals surface area contributed by atoms with Crippen LogP contribution in [-0.4, -0.2) is 0 Å². The molecular formula is C60H38. The maximum Gasteiger partial charge on any atom is -0.00199 e. The van der Waals surface area contributed by atoms with E-state index in [0.717, 1.165) is 0 Å². The largest absolute Gasteiger partial charge is 0.0616 e. The van der Waals surface area contributed by atoms with Gasteiger partial charge in [0.1, 0.15) is 0 Å². The maximum atomic E-state index is 2.41. The SMILES string of the molecule is C(=Cc1ccc(-c2c3ccccc3c(-c3cc4ccccc4c4ccccc34)c3ccccc23)c2ccccc12)c1ccc(-c2cccc3ccccc23)c2ccccc12. The predicted molar refractivity (Wildman–Crippen MR) is 261 cm³/mol. The fourth-order valence-electron chi connectivity index (χ4n) is 10.00. The van der Waals surface area contributed by atoms with Gasteiger partial charge in [0.05, 0.1) is 0 Å². The number of hydrogen-bond acceptors (Lipinski definition) is 0. The highest BCUT2D eigenvalue weighted by Crippen LogP contribution is 2.48. The zero-order valence-electron chi connectivity index (χ0n) is 32.9. The van der Waals surface area contributed by atoms with Crippen LogP contribution in [0, 0.1) is 0 Å². The Morgan fingerprint density at radius 1 is 0.200 bits per heavy atom. The molecule has 0 aliphatic rings. The van der Waals surface area contributed by atoms with Gasteiger partial charge < -0.3 is 0 Å². The molecule has 0 bridgehead atoms. The Balaban J connectivity index is 1.03. The molecule has 0 radical (unpaired) electrons. The minimum atomic E-state index is 1.20. The van der Waals surface area contributed by atoms with Crippen LogP contribution in [0.2, 0.25) is 0 Å². The monoisotopic (exact) mass is 758 g/mol. The summed E-state index contributed by atoms with van der Waals surface area (Å²) in [6.07, 6.45) is 4.60. The van der Waals surface area contributed by atoms with Gasteiger partial charge in [-0.05, 0) is 126 Å². The lowest BCUT2D eigenvalue weighted by atomic mass is 9.82. The summed E-state index contributed by atoms with van der Waals surface area (Å²) in [4.78, 5) is 0. The number of benzene rings is 12. The van der Waals surface area contributed by atoms with E-state index in [9.17, 15) is 0 Å². The third kappa shape index (κ3) is 5.39. The quantitative estimate of drug-likeness (QED) is 0.0931. The van der Waals surface area contributed by atoms with Crippen LogP contribution in [0.5, 0.6) is 0 Å². The van der Waals surface area contributed by atoms with Crippen LogP contribution in [0.15, 0.2) is 218 Å². The Morgan fingerprint density at radius 2 is 0.567 bits per heavy atom. The summed E-state index contributed by atoms with van der Waals surface area (Å²) in [5.41, 5.74) is 10.0. The summed E-state index contributed by atoms with van der Waals surface area (Å²) < 4.78 is 0. The van der Waals surface area contributed by atoms with Crippen molar-refractivity contribution in [1.82, 2.24) is 0 Å². The molecule has 0 N–H and O–H groups in total. The van der Waals surface area contributed by atoms with Gasteiger partial charge in [-0.3, -0.25) is 0 Å². The standard InChI is InChI=1S/C60H38/c1-3-19-43-39(16-1)18-15-31-49(43)52-36-34-40(44-20-5-7-23-47(44)52)32-33-41-35-37-57(50-25-8-6-21-45(41)50)59-53-27-11-13-29-55(53)60(56-30-14-12-28-54(56)59)58-38-42-17-2-4-22-46(42)48-24-9-10-26-51(48)58/h1-38H. The summed E-state index contributed by atoms with van der Waals surface area (Å²) >= 11 is 0. The molecule has 12 rings (SSSR count). The van der Waals surface area contributed by atoms with Crippen molar-refractivity contribution in [2.75, 3.05) is 0 Å². The number of fused-ring (bicyclic) bond motifs is 8. The minimum Gasteiger partial charge on any atom is -0.0616 e. The van der Waals surface area contributed by atoms with Crippen LogP contribution >= 0.6 is 0 Å². The molecule has 60 heavy (non-hydrogen) atoms. The zero-order valence-corrected chi connectivity index (χ0v) is 32.9. The van der Waals surface area contributed by atoms with Gasteiger partial charge in [0.2, 0.25) is 0 Å². The van der Waals surface area contributed by atoms with Crippen molar-refractivity contribution in [2.45, 2.75) is 0 Å². The lowest BCUT2D eigenvalue weighted by Gasteiger charge is -2.20. The van der Waals surface area contributed by atoms with Gasteiger partial charge in [0.15, 0.2) is 0 Å². The molecule has 0 aliphatic carbocycles. The molecule has 0 saturated heterocycles. The van der Waals surface area contributed by atoms with Crippen LogP contribution in [0.4, 0.5) is 0 Å². The lowest BCUT2D eigenvalue weighted by molar-refractivity contribution is 1.66. The highest BCUT2D eigenvalue weighted by atomic mass is 14.2. The topological polar surface area (TPSA) is 0 Å². The predicted octanol–water partition coefficient (Wildman–Crippen LogP) is 16.9. The molecule has 278 valence electrons. The molecule has 0 heterocycles. The molecule has 0 unspecified atom stereocenters. The highest BCUT2D eigenvalue weighted by molar-refractivity contribution is 6.27. The molecule has 12 aromatic carbocycles. The van der Waals surface area contributed by atoms with Gasteiger partial charge in [-0.2, -0.15) is 0 Å². The maximum absolute atomic E-state index is 2.41. The lowest BCUT2D eigenvalue weighted by Crippen LogP contribution is -1.93. The Labute approximate surface area is 348 Å². The minimum absolute atomic E-state index is 1.20. The molecule has 0 nitrogen and oxygen atoms in total. The van der Waals surface area contributed by atoms with Gasteiger partial charge in [-0.25, -0.2) is 0 Å². The molecule has 0 saturated carbocycles. The third-order valence-electron chi connectivity index (χ3n) is 12.7. The highest BCUT2D eigenvalue weighted by Gasteiger charge is 2.20. The van der Waals surface area contributed by atoms with E-state index in [1.165, 1.54) is 120 Å². The van der Waals surface area contributed by atoms with E-state index in [1.807, 2.05) is 0 Å². The molecule has 0 amide bonds. The molecule has 0 heteroatoms. The van der Waals surface area contributed by atoms with E-state index in [1.54, 1.807) is 0 Å². The van der Waals surface area contributed by atoms with Crippen molar-refractivity contribution in [1.29, 1.82) is 0 Å². The van der Waals surface area contributed by atoms with Crippen LogP contribution in [0.25, 0.3) is 121 Å². The first-order valence-corrected chi connectivity index (χ1v) is 20.8. The van der Waals surface area contributed by atoms with E-state index in [2.05, 4.69) is 231 Å². The van der Waals surface area contributed by atoms with Crippen molar-refractivity contribution >= 4 is 87.6 Å². The van der Waals surface area contributed by atoms with Crippen molar-refractivity contribution in [3.05, 3.63) is 230 Å². The van der Waals surface area contributed by atoms with Crippen LogP contribution in [0.3, 0.4) is 0 Å². The van der Waals surface area contributed by atoms with Crippen LogP contribution in [0.1, 0.15) is 11.1 Å². The zero-order chi connectivity index (χ0) is 39.6. The van der Waals surface area contributed by atoms with Crippen molar-refractivity contribution in [3.8, 4) is 33.4 Å². The van der Waals surface area contributed by atoms with E-state index < -0.39 is 0 Å². The molecule has 0 spiro atoms. The van der Waals surface area contributed by atoms with Crippen molar-refractivity contribution < 1.29 is 0 Å². The van der Waals surface area contributed by atoms with Gasteiger partial charge >= 0.3 is 0 Å². The normalized spacial score (nSPS) is 11.9. The second-order valence-electron chi connectivity index (χ2n) is 15.9. The summed E-state index contributed by atoms with van der Waals surface area (Å²) in [5.74, 6) is 0. The Morgan fingerprint density at radius 3 is 1.15 bits per heavy atom. The summed E-state index contributed by atoms with van der Waals surface area (Å²) in [5, 5.41) is 17.7. The van der Waals surface area contributed by atoms with Gasteiger partial charge in [-0.15, -0.1) is 0 Å². The van der Waals surface area contributed by atoms with Crippen LogP contribution < -0.4 is 0 Å². The van der Waals surface area contributed by atoms with Gasteiger partial charge in [0, 0.05) is 0 Å². The summed E-state index contributed by atoms with van der Waals surface area (Å²) in [6, 6.07) is 80.4. The fourth-order valence-corrected chi connectivity index (χ4v) is 10.00. The molecule has 0 aromatic heterocycles. The molecule has 0 aliphatic heterocycles. The number of hydrogen-bond donors (Lipinski definition) is 0. The molecule has 12 aromatic rings. The van der Waals surface area contributed by atoms with Crippen molar-refractivity contribution in [3.63, 3.8) is 0 Å². The smallest absolute Gasteiger partial charge is 0.00199 e. The molecule has 0 fully saturated rings. The fraction of sp³-hybridized carbons (Fsp3) is 0. The summed E-state index contributed by atoms with van der Waals surface area (Å²) in [6.45, 7) is 0. The average molecular weight is 759 g/mol. The van der Waals surface area contributed by atoms with Crippen molar-refractivity contribution in [2.24, 2.45) is 0 Å². The van der Waals surface area contributed by atoms with E-state index in [4.69, 9.17) is 0 Å². The third-order valence-corrected chi connectivity index (χ3v) is 12.7. The first-order valence-electron chi connectivity index (χ1n) is 20.8. The Bertz CT molecular complexity index is 3650. The van der Waals surface area contributed by atoms with E-state index in [0.29, 0.717) is 0 Å². The number of rotatable bonds is 5. The second-order valence-corrected chi connectivity index (χ2v) is 15.9.